The minimum atomic E-state index is -0.687. The van der Waals surface area contributed by atoms with E-state index in [0.717, 1.165) is 5.56 Å². The maximum Gasteiger partial charge on any atom is 0.263 e. The zero-order valence-corrected chi connectivity index (χ0v) is 14.0. The fourth-order valence-corrected chi connectivity index (χ4v) is 2.78. The molecule has 0 bridgehead atoms. The summed E-state index contributed by atoms with van der Waals surface area (Å²) < 4.78 is 0. The van der Waals surface area contributed by atoms with Crippen LogP contribution in [0.25, 0.3) is 0 Å². The lowest BCUT2D eigenvalue weighted by Crippen LogP contribution is -2.26. The smallest absolute Gasteiger partial charge is 0.263 e. The van der Waals surface area contributed by atoms with Gasteiger partial charge in [0.1, 0.15) is 16.0 Å². The Morgan fingerprint density at radius 3 is 2.65 bits per heavy atom. The summed E-state index contributed by atoms with van der Waals surface area (Å²) in [4.78, 5) is 27.8. The number of carbonyl (C=O) groups excluding carboxylic acids is 2. The minimum Gasteiger partial charge on any atom is -0.386 e. The highest BCUT2D eigenvalue weighted by Crippen LogP contribution is 2.21. The Morgan fingerprint density at radius 1 is 1.30 bits per heavy atom. The van der Waals surface area contributed by atoms with Crippen LogP contribution in [-0.4, -0.2) is 21.9 Å². The van der Waals surface area contributed by atoms with Gasteiger partial charge >= 0.3 is 0 Å². The summed E-state index contributed by atoms with van der Waals surface area (Å²) in [6.45, 7) is 4.92. The highest BCUT2D eigenvalue weighted by molar-refractivity contribution is 7.13. The molecular weight excluding hydrogens is 314 g/mol. The van der Waals surface area contributed by atoms with Crippen LogP contribution in [-0.2, 0) is 4.79 Å². The molecular formula is C16H19N3O3S. The Bertz CT molecular complexity index is 712. The Morgan fingerprint density at radius 2 is 2.04 bits per heavy atom. The fourth-order valence-electron chi connectivity index (χ4n) is 2.03. The number of hydrogen-bond acceptors (Lipinski definition) is 5. The number of nitrogens with one attached hydrogen (secondary N) is 2. The number of amides is 2. The predicted octanol–water partition coefficient (Wildman–Crippen LogP) is 2.65. The number of rotatable bonds is 5. The van der Waals surface area contributed by atoms with Crippen molar-refractivity contribution in [3.05, 3.63) is 45.9 Å². The van der Waals surface area contributed by atoms with Crippen LogP contribution in [0.3, 0.4) is 0 Å². The molecule has 2 atom stereocenters. The summed E-state index contributed by atoms with van der Waals surface area (Å²) in [6.07, 6.45) is 0.774. The van der Waals surface area contributed by atoms with E-state index in [4.69, 9.17) is 0 Å². The quantitative estimate of drug-likeness (QED) is 0.784. The number of carbonyl (C=O) groups is 2. The molecule has 2 amide bonds. The number of thiazole rings is 1. The van der Waals surface area contributed by atoms with E-state index >= 15 is 0 Å². The summed E-state index contributed by atoms with van der Waals surface area (Å²) >= 11 is 1.17. The van der Waals surface area contributed by atoms with Crippen molar-refractivity contribution in [2.45, 2.75) is 32.9 Å². The molecule has 23 heavy (non-hydrogen) atoms. The van der Waals surface area contributed by atoms with Gasteiger partial charge in [0, 0.05) is 12.6 Å². The van der Waals surface area contributed by atoms with E-state index in [9.17, 15) is 14.7 Å². The molecule has 0 unspecified atom stereocenters. The predicted molar refractivity (Wildman–Crippen MR) is 89.4 cm³/mol. The van der Waals surface area contributed by atoms with Crippen LogP contribution in [0, 0.1) is 0 Å². The molecule has 0 fully saturated rings. The molecule has 1 heterocycles. The Balaban J connectivity index is 2.07. The third-order valence-corrected chi connectivity index (χ3v) is 4.33. The van der Waals surface area contributed by atoms with Gasteiger partial charge in [0.25, 0.3) is 5.91 Å². The number of hydrogen-bond donors (Lipinski definition) is 3. The first-order valence-corrected chi connectivity index (χ1v) is 8.00. The molecule has 0 saturated carbocycles. The molecule has 0 aliphatic rings. The van der Waals surface area contributed by atoms with Crippen molar-refractivity contribution >= 4 is 28.8 Å². The molecule has 1 aromatic heterocycles. The van der Waals surface area contributed by atoms with Crippen LogP contribution >= 0.6 is 11.3 Å². The van der Waals surface area contributed by atoms with Gasteiger partial charge in [0.2, 0.25) is 5.91 Å². The fraction of sp³-hybridized carbons (Fsp3) is 0.312. The second kappa shape index (κ2) is 7.34. The van der Waals surface area contributed by atoms with Gasteiger partial charge in [-0.3, -0.25) is 9.59 Å². The molecule has 0 saturated heterocycles. The van der Waals surface area contributed by atoms with Crippen LogP contribution in [0.15, 0.2) is 30.5 Å². The zero-order valence-electron chi connectivity index (χ0n) is 13.2. The second-order valence-corrected chi connectivity index (χ2v) is 6.30. The maximum absolute atomic E-state index is 12.2. The van der Waals surface area contributed by atoms with Gasteiger partial charge < -0.3 is 15.7 Å². The molecule has 0 spiro atoms. The van der Waals surface area contributed by atoms with Crippen molar-refractivity contribution in [2.24, 2.45) is 0 Å². The number of nitrogens with zero attached hydrogens (tertiary/aromatic N) is 1. The number of aromatic nitrogens is 1. The Kier molecular flexibility index (Phi) is 5.46. The van der Waals surface area contributed by atoms with E-state index < -0.39 is 6.10 Å². The highest BCUT2D eigenvalue weighted by Gasteiger charge is 2.16. The largest absolute Gasteiger partial charge is 0.386 e. The minimum absolute atomic E-state index is 0.144. The molecule has 2 rings (SSSR count). The first-order valence-electron chi connectivity index (χ1n) is 7.19. The SMILES string of the molecule is CC(=O)Nc1cccc([C@@H](C)NC(=O)c2cnc([C@@H](C)O)s2)c1. The van der Waals surface area contributed by atoms with Gasteiger partial charge in [0.15, 0.2) is 0 Å². The molecule has 3 N–H and O–H groups in total. The summed E-state index contributed by atoms with van der Waals surface area (Å²) in [5.74, 6) is -0.388. The molecule has 122 valence electrons. The first kappa shape index (κ1) is 17.1. The lowest BCUT2D eigenvalue weighted by Gasteiger charge is -2.15. The topological polar surface area (TPSA) is 91.3 Å². The summed E-state index contributed by atoms with van der Waals surface area (Å²) in [5, 5.41) is 15.6. The molecule has 6 nitrogen and oxygen atoms in total. The van der Waals surface area contributed by atoms with Crippen molar-refractivity contribution in [3.8, 4) is 0 Å². The number of benzene rings is 1. The van der Waals surface area contributed by atoms with Gasteiger partial charge in [0.05, 0.1) is 12.2 Å². The Labute approximate surface area is 138 Å². The molecule has 0 radical (unpaired) electrons. The molecule has 0 aliphatic carbocycles. The van der Waals surface area contributed by atoms with Crippen molar-refractivity contribution in [1.29, 1.82) is 0 Å². The van der Waals surface area contributed by atoms with Crippen LogP contribution in [0.4, 0.5) is 5.69 Å². The number of aliphatic hydroxyl groups excluding tert-OH is 1. The average Bonchev–Trinajstić information content (AvgIpc) is 2.97. The van der Waals surface area contributed by atoms with Crippen molar-refractivity contribution in [2.75, 3.05) is 5.32 Å². The third kappa shape index (κ3) is 4.61. The molecule has 7 heteroatoms. The normalized spacial score (nSPS) is 13.2. The second-order valence-electron chi connectivity index (χ2n) is 5.24. The third-order valence-electron chi connectivity index (χ3n) is 3.16. The average molecular weight is 333 g/mol. The van der Waals surface area contributed by atoms with Crippen LogP contribution in [0.2, 0.25) is 0 Å². The van der Waals surface area contributed by atoms with Gasteiger partial charge in [-0.1, -0.05) is 12.1 Å². The zero-order chi connectivity index (χ0) is 17.0. The van der Waals surface area contributed by atoms with Crippen LogP contribution in [0.1, 0.15) is 53.2 Å². The number of aliphatic hydroxyl groups is 1. The van der Waals surface area contributed by atoms with Crippen molar-refractivity contribution in [3.63, 3.8) is 0 Å². The number of anilines is 1. The van der Waals surface area contributed by atoms with E-state index in [2.05, 4.69) is 15.6 Å². The maximum atomic E-state index is 12.2. The summed E-state index contributed by atoms with van der Waals surface area (Å²) in [7, 11) is 0. The van der Waals surface area contributed by atoms with Crippen molar-refractivity contribution < 1.29 is 14.7 Å². The van der Waals surface area contributed by atoms with Crippen molar-refractivity contribution in [1.82, 2.24) is 10.3 Å². The highest BCUT2D eigenvalue weighted by atomic mass is 32.1. The van der Waals surface area contributed by atoms with E-state index in [1.165, 1.54) is 24.5 Å². The van der Waals surface area contributed by atoms with E-state index in [0.29, 0.717) is 15.6 Å². The molecule has 1 aromatic carbocycles. The van der Waals surface area contributed by atoms with E-state index in [-0.39, 0.29) is 17.9 Å². The van der Waals surface area contributed by atoms with Crippen LogP contribution in [0.5, 0.6) is 0 Å². The molecule has 0 aliphatic heterocycles. The van der Waals surface area contributed by atoms with E-state index in [1.54, 1.807) is 13.0 Å². The monoisotopic (exact) mass is 333 g/mol. The van der Waals surface area contributed by atoms with E-state index in [1.807, 2.05) is 25.1 Å². The lowest BCUT2D eigenvalue weighted by atomic mass is 10.1. The Hall–Kier alpha value is -2.25. The van der Waals surface area contributed by atoms with Gasteiger partial charge in [-0.05, 0) is 31.5 Å². The standard InChI is InChI=1S/C16H19N3O3S/c1-9(12-5-4-6-13(7-12)19-11(3)21)18-15(22)14-8-17-16(23-14)10(2)20/h4-10,20H,1-3H3,(H,18,22)(H,19,21)/t9-,10-/m1/s1. The van der Waals surface area contributed by atoms with Gasteiger partial charge in [-0.25, -0.2) is 4.98 Å². The summed E-state index contributed by atoms with van der Waals surface area (Å²) in [6, 6.07) is 7.08. The molecule has 2 aromatic rings. The summed E-state index contributed by atoms with van der Waals surface area (Å²) in [5.41, 5.74) is 1.56. The van der Waals surface area contributed by atoms with Crippen LogP contribution < -0.4 is 10.6 Å². The first-order chi connectivity index (χ1) is 10.9. The van der Waals surface area contributed by atoms with Gasteiger partial charge in [-0.15, -0.1) is 11.3 Å². The van der Waals surface area contributed by atoms with Gasteiger partial charge in [-0.2, -0.15) is 0 Å². The lowest BCUT2D eigenvalue weighted by molar-refractivity contribution is -0.114.